The molecule has 0 saturated heterocycles. The summed E-state index contributed by atoms with van der Waals surface area (Å²) in [6, 6.07) is 16.2. The van der Waals surface area contributed by atoms with E-state index in [1.54, 1.807) is 7.11 Å². The van der Waals surface area contributed by atoms with Gasteiger partial charge in [-0.2, -0.15) is 0 Å². The summed E-state index contributed by atoms with van der Waals surface area (Å²) >= 11 is 2.30. The van der Waals surface area contributed by atoms with Crippen LogP contribution in [0.5, 0.6) is 11.5 Å². The zero-order valence-electron chi connectivity index (χ0n) is 15.5. The molecule has 4 rings (SSSR count). The van der Waals surface area contributed by atoms with Crippen molar-refractivity contribution in [1.82, 2.24) is 9.97 Å². The number of nitrogens with two attached hydrogens (primary N) is 1. The zero-order chi connectivity index (χ0) is 19.5. The molecular formula is C21H21IN4O2. The van der Waals surface area contributed by atoms with E-state index in [1.807, 2.05) is 30.3 Å². The first kappa shape index (κ1) is 18.8. The first-order chi connectivity index (χ1) is 13.7. The Bertz CT molecular complexity index is 965. The number of benzene rings is 2. The molecule has 0 saturated carbocycles. The molecule has 1 aliphatic rings. The molecule has 0 aliphatic carbocycles. The molecule has 0 amide bonds. The number of rotatable bonds is 6. The van der Waals surface area contributed by atoms with Gasteiger partial charge in [0.15, 0.2) is 0 Å². The summed E-state index contributed by atoms with van der Waals surface area (Å²) < 4.78 is 12.0. The van der Waals surface area contributed by atoms with Gasteiger partial charge in [-0.15, -0.1) is 0 Å². The zero-order valence-corrected chi connectivity index (χ0v) is 17.7. The Kier molecular flexibility index (Phi) is 5.52. The summed E-state index contributed by atoms with van der Waals surface area (Å²) in [5.74, 6) is 3.13. The quantitative estimate of drug-likeness (QED) is 0.415. The summed E-state index contributed by atoms with van der Waals surface area (Å²) in [7, 11) is 1.67. The third-order valence-electron chi connectivity index (χ3n) is 4.85. The highest BCUT2D eigenvalue weighted by Crippen LogP contribution is 2.45. The second-order valence-electron chi connectivity index (χ2n) is 6.47. The molecule has 3 aromatic rings. The van der Waals surface area contributed by atoms with Crippen LogP contribution in [0.1, 0.15) is 17.0 Å². The molecule has 28 heavy (non-hydrogen) atoms. The molecule has 0 bridgehead atoms. The van der Waals surface area contributed by atoms with Gasteiger partial charge in [-0.05, 0) is 42.0 Å². The van der Waals surface area contributed by atoms with Gasteiger partial charge in [-0.25, -0.2) is 9.97 Å². The number of anilines is 3. The predicted molar refractivity (Wildman–Crippen MR) is 119 cm³/mol. The van der Waals surface area contributed by atoms with Crippen LogP contribution in [0.2, 0.25) is 0 Å². The second kappa shape index (κ2) is 8.22. The largest absolute Gasteiger partial charge is 0.497 e. The van der Waals surface area contributed by atoms with Crippen LogP contribution in [0.15, 0.2) is 54.9 Å². The van der Waals surface area contributed by atoms with Crippen LogP contribution < -0.4 is 20.1 Å². The molecule has 2 heterocycles. The summed E-state index contributed by atoms with van der Waals surface area (Å²) in [5.41, 5.74) is 9.40. The second-order valence-corrected chi connectivity index (χ2v) is 7.55. The third kappa shape index (κ3) is 3.58. The maximum Gasteiger partial charge on any atom is 0.142 e. The molecule has 1 aromatic heterocycles. The van der Waals surface area contributed by atoms with E-state index in [0.717, 1.165) is 45.1 Å². The lowest BCUT2D eigenvalue weighted by Crippen LogP contribution is -2.16. The number of alkyl halides is 1. The van der Waals surface area contributed by atoms with Crippen molar-refractivity contribution in [2.75, 3.05) is 35.3 Å². The van der Waals surface area contributed by atoms with Crippen molar-refractivity contribution in [2.24, 2.45) is 0 Å². The first-order valence-electron chi connectivity index (χ1n) is 9.02. The van der Waals surface area contributed by atoms with E-state index in [1.165, 1.54) is 6.33 Å². The molecule has 0 fully saturated rings. The van der Waals surface area contributed by atoms with Gasteiger partial charge in [-0.3, -0.25) is 0 Å². The SMILES string of the molecule is COc1cccc(C2CN(c3ccc(OCCI)cc3)c3ncnc(N)c32)c1. The van der Waals surface area contributed by atoms with E-state index >= 15 is 0 Å². The number of nitrogen functional groups attached to an aromatic ring is 1. The molecule has 2 aromatic carbocycles. The molecule has 0 radical (unpaired) electrons. The van der Waals surface area contributed by atoms with Gasteiger partial charge in [-0.1, -0.05) is 34.7 Å². The van der Waals surface area contributed by atoms with Gasteiger partial charge in [0.25, 0.3) is 0 Å². The third-order valence-corrected chi connectivity index (χ3v) is 5.29. The van der Waals surface area contributed by atoms with Gasteiger partial charge >= 0.3 is 0 Å². The highest BCUT2D eigenvalue weighted by atomic mass is 127. The molecular weight excluding hydrogens is 467 g/mol. The number of methoxy groups -OCH3 is 1. The first-order valence-corrected chi connectivity index (χ1v) is 10.5. The van der Waals surface area contributed by atoms with Crippen LogP contribution in [0, 0.1) is 0 Å². The van der Waals surface area contributed by atoms with E-state index in [9.17, 15) is 0 Å². The maximum atomic E-state index is 6.26. The number of aromatic nitrogens is 2. The molecule has 6 nitrogen and oxygen atoms in total. The molecule has 1 aliphatic heterocycles. The smallest absolute Gasteiger partial charge is 0.142 e. The van der Waals surface area contributed by atoms with Crippen LogP contribution in [-0.4, -0.2) is 34.7 Å². The van der Waals surface area contributed by atoms with Gasteiger partial charge < -0.3 is 20.1 Å². The summed E-state index contributed by atoms with van der Waals surface area (Å²) in [6.45, 7) is 1.44. The van der Waals surface area contributed by atoms with Crippen molar-refractivity contribution >= 4 is 39.9 Å². The number of hydrogen-bond acceptors (Lipinski definition) is 6. The van der Waals surface area contributed by atoms with Gasteiger partial charge in [0, 0.05) is 28.1 Å². The number of hydrogen-bond donors (Lipinski definition) is 1. The van der Waals surface area contributed by atoms with Crippen LogP contribution in [-0.2, 0) is 0 Å². The average molecular weight is 488 g/mol. The van der Waals surface area contributed by atoms with Gasteiger partial charge in [0.2, 0.25) is 0 Å². The number of fused-ring (bicyclic) bond motifs is 1. The molecule has 0 spiro atoms. The normalized spacial score (nSPS) is 15.4. The highest BCUT2D eigenvalue weighted by molar-refractivity contribution is 14.1. The minimum Gasteiger partial charge on any atom is -0.497 e. The van der Waals surface area contributed by atoms with Crippen LogP contribution >= 0.6 is 22.6 Å². The number of halogens is 1. The maximum absolute atomic E-state index is 6.26. The fourth-order valence-electron chi connectivity index (χ4n) is 3.55. The Hall–Kier alpha value is -2.55. The molecule has 144 valence electrons. The van der Waals surface area contributed by atoms with Crippen molar-refractivity contribution in [3.8, 4) is 11.5 Å². The van der Waals surface area contributed by atoms with Crippen LogP contribution in [0.4, 0.5) is 17.3 Å². The van der Waals surface area contributed by atoms with Crippen molar-refractivity contribution in [2.45, 2.75) is 5.92 Å². The van der Waals surface area contributed by atoms with E-state index in [2.05, 4.69) is 55.7 Å². The van der Waals surface area contributed by atoms with Gasteiger partial charge in [0.1, 0.15) is 29.5 Å². The van der Waals surface area contributed by atoms with E-state index < -0.39 is 0 Å². The summed E-state index contributed by atoms with van der Waals surface area (Å²) in [6.07, 6.45) is 1.52. The number of ether oxygens (including phenoxy) is 2. The van der Waals surface area contributed by atoms with Crippen molar-refractivity contribution < 1.29 is 9.47 Å². The Balaban J connectivity index is 1.70. The van der Waals surface area contributed by atoms with Crippen molar-refractivity contribution in [1.29, 1.82) is 0 Å². The Labute approximate surface area is 177 Å². The molecule has 1 atom stereocenters. The van der Waals surface area contributed by atoms with Crippen molar-refractivity contribution in [3.63, 3.8) is 0 Å². The highest BCUT2D eigenvalue weighted by Gasteiger charge is 2.34. The molecule has 2 N–H and O–H groups in total. The Morgan fingerprint density at radius 3 is 2.71 bits per heavy atom. The Morgan fingerprint density at radius 2 is 1.96 bits per heavy atom. The fraction of sp³-hybridized carbons (Fsp3) is 0.238. The predicted octanol–water partition coefficient (Wildman–Crippen LogP) is 4.16. The van der Waals surface area contributed by atoms with E-state index in [-0.39, 0.29) is 5.92 Å². The molecule has 1 unspecified atom stereocenters. The minimum absolute atomic E-state index is 0.0706. The van der Waals surface area contributed by atoms with Gasteiger partial charge in [0.05, 0.1) is 13.7 Å². The Morgan fingerprint density at radius 1 is 1.14 bits per heavy atom. The monoisotopic (exact) mass is 488 g/mol. The van der Waals surface area contributed by atoms with Crippen LogP contribution in [0.3, 0.4) is 0 Å². The number of nitrogens with zero attached hydrogens (tertiary/aromatic N) is 3. The fourth-order valence-corrected chi connectivity index (χ4v) is 3.77. The van der Waals surface area contributed by atoms with Crippen LogP contribution in [0.25, 0.3) is 0 Å². The molecule has 7 heteroatoms. The van der Waals surface area contributed by atoms with Crippen molar-refractivity contribution in [3.05, 3.63) is 66.0 Å². The average Bonchev–Trinajstić information content (AvgIpc) is 3.14. The van der Waals surface area contributed by atoms with E-state index in [0.29, 0.717) is 12.4 Å². The lowest BCUT2D eigenvalue weighted by molar-refractivity contribution is 0.346. The summed E-state index contributed by atoms with van der Waals surface area (Å²) in [5, 5.41) is 0. The summed E-state index contributed by atoms with van der Waals surface area (Å²) in [4.78, 5) is 11.0. The topological polar surface area (TPSA) is 73.5 Å². The van der Waals surface area contributed by atoms with E-state index in [4.69, 9.17) is 15.2 Å². The minimum atomic E-state index is 0.0706. The lowest BCUT2D eigenvalue weighted by Gasteiger charge is -2.19. The standard InChI is InChI=1S/C21H21IN4O2/c1-27-17-4-2-3-14(11-17)18-12-26(21-19(18)20(23)24-13-25-21)15-5-7-16(8-6-15)28-10-9-22/h2-8,11,13,18H,9-10,12H2,1H3,(H2,23,24,25). The lowest BCUT2D eigenvalue weighted by atomic mass is 9.94.